The Balaban J connectivity index is 2.76. The molecule has 1 unspecified atom stereocenters. The van der Waals surface area contributed by atoms with Crippen molar-refractivity contribution in [1.29, 1.82) is 0 Å². The molecule has 70 valence electrons. The summed E-state index contributed by atoms with van der Waals surface area (Å²) in [6.45, 7) is 0. The second kappa shape index (κ2) is 5.13. The van der Waals surface area contributed by atoms with Crippen molar-refractivity contribution in [2.24, 2.45) is 0 Å². The van der Waals surface area contributed by atoms with Crippen molar-refractivity contribution in [2.45, 2.75) is 11.2 Å². The van der Waals surface area contributed by atoms with E-state index in [0.717, 1.165) is 10.0 Å². The number of hydrogen-bond donors (Lipinski definition) is 0. The summed E-state index contributed by atoms with van der Waals surface area (Å²) in [4.78, 5) is 10.6. The first kappa shape index (κ1) is 11.2. The van der Waals surface area contributed by atoms with Gasteiger partial charge in [-0.2, -0.15) is 0 Å². The minimum Gasteiger partial charge on any atom is -0.281 e. The zero-order valence-electron chi connectivity index (χ0n) is 6.64. The van der Waals surface area contributed by atoms with Gasteiger partial charge in [-0.3, -0.25) is 4.79 Å². The SMILES string of the molecule is O=C(Cl)CC(Br)c1cccc(Br)c1. The van der Waals surface area contributed by atoms with Gasteiger partial charge in [0.25, 0.3) is 0 Å². The van der Waals surface area contributed by atoms with E-state index in [0.29, 0.717) is 6.42 Å². The summed E-state index contributed by atoms with van der Waals surface area (Å²) >= 11 is 12.0. The van der Waals surface area contributed by atoms with Crippen LogP contribution in [-0.4, -0.2) is 5.24 Å². The van der Waals surface area contributed by atoms with Crippen LogP contribution in [0.1, 0.15) is 16.8 Å². The van der Waals surface area contributed by atoms with Crippen LogP contribution in [0.2, 0.25) is 0 Å². The molecular weight excluding hydrogens is 319 g/mol. The predicted molar refractivity (Wildman–Crippen MR) is 61.3 cm³/mol. The van der Waals surface area contributed by atoms with Crippen LogP contribution in [0.4, 0.5) is 0 Å². The third kappa shape index (κ3) is 3.79. The Hall–Kier alpha value is 0.140. The van der Waals surface area contributed by atoms with Crippen molar-refractivity contribution in [3.63, 3.8) is 0 Å². The normalized spacial score (nSPS) is 12.5. The van der Waals surface area contributed by atoms with Gasteiger partial charge in [-0.1, -0.05) is 44.0 Å². The molecule has 0 saturated heterocycles. The van der Waals surface area contributed by atoms with Crippen LogP contribution >= 0.6 is 43.5 Å². The number of rotatable bonds is 3. The molecule has 0 aliphatic carbocycles. The second-order valence-electron chi connectivity index (χ2n) is 2.58. The van der Waals surface area contributed by atoms with Crippen LogP contribution in [0.15, 0.2) is 28.7 Å². The quantitative estimate of drug-likeness (QED) is 0.605. The van der Waals surface area contributed by atoms with Gasteiger partial charge in [-0.25, -0.2) is 0 Å². The van der Waals surface area contributed by atoms with Crippen molar-refractivity contribution < 1.29 is 4.79 Å². The van der Waals surface area contributed by atoms with E-state index in [4.69, 9.17) is 11.6 Å². The number of carbonyl (C=O) groups is 1. The van der Waals surface area contributed by atoms with E-state index in [1.54, 1.807) is 0 Å². The van der Waals surface area contributed by atoms with Crippen LogP contribution in [0, 0.1) is 0 Å². The minimum atomic E-state index is -0.332. The molecule has 0 aliphatic rings. The van der Waals surface area contributed by atoms with Gasteiger partial charge in [-0.05, 0) is 29.3 Å². The van der Waals surface area contributed by atoms with Crippen molar-refractivity contribution in [1.82, 2.24) is 0 Å². The van der Waals surface area contributed by atoms with Crippen LogP contribution in [0.25, 0.3) is 0 Å². The molecule has 0 fully saturated rings. The maximum Gasteiger partial charge on any atom is 0.223 e. The third-order valence-electron chi connectivity index (χ3n) is 1.55. The number of hydrogen-bond acceptors (Lipinski definition) is 1. The fraction of sp³-hybridized carbons (Fsp3) is 0.222. The van der Waals surface area contributed by atoms with Crippen LogP contribution < -0.4 is 0 Å². The number of carbonyl (C=O) groups excluding carboxylic acids is 1. The summed E-state index contributed by atoms with van der Waals surface area (Å²) < 4.78 is 0.997. The molecule has 1 rings (SSSR count). The average Bonchev–Trinajstić information content (AvgIpc) is 2.03. The monoisotopic (exact) mass is 324 g/mol. The lowest BCUT2D eigenvalue weighted by atomic mass is 10.1. The third-order valence-corrected chi connectivity index (χ3v) is 3.05. The maximum atomic E-state index is 10.6. The van der Waals surface area contributed by atoms with Gasteiger partial charge in [0, 0.05) is 15.7 Å². The standard InChI is InChI=1S/C9H7Br2ClO/c10-7-3-1-2-6(4-7)8(11)5-9(12)13/h1-4,8H,5H2. The number of benzene rings is 1. The van der Waals surface area contributed by atoms with Gasteiger partial charge in [0.15, 0.2) is 0 Å². The van der Waals surface area contributed by atoms with Gasteiger partial charge < -0.3 is 0 Å². The highest BCUT2D eigenvalue weighted by atomic mass is 79.9. The minimum absolute atomic E-state index is 0.00463. The van der Waals surface area contributed by atoms with E-state index in [-0.39, 0.29) is 10.1 Å². The lowest BCUT2D eigenvalue weighted by Gasteiger charge is -2.06. The molecule has 0 spiro atoms. The first-order valence-electron chi connectivity index (χ1n) is 3.67. The van der Waals surface area contributed by atoms with Gasteiger partial charge in [0.05, 0.1) is 0 Å². The van der Waals surface area contributed by atoms with E-state index < -0.39 is 0 Å². The molecule has 0 bridgehead atoms. The molecule has 1 nitrogen and oxygen atoms in total. The van der Waals surface area contributed by atoms with Crippen molar-refractivity contribution in [3.8, 4) is 0 Å². The molecule has 0 heterocycles. The molecule has 0 N–H and O–H groups in total. The Bertz CT molecular complexity index is 314. The first-order chi connectivity index (χ1) is 6.09. The topological polar surface area (TPSA) is 17.1 Å². The van der Waals surface area contributed by atoms with Gasteiger partial charge in [0.1, 0.15) is 0 Å². The van der Waals surface area contributed by atoms with Crippen molar-refractivity contribution in [3.05, 3.63) is 34.3 Å². The highest BCUT2D eigenvalue weighted by molar-refractivity contribution is 9.10. The molecule has 1 aromatic carbocycles. The summed E-state index contributed by atoms with van der Waals surface area (Å²) in [6.07, 6.45) is 0.304. The number of halogens is 3. The molecule has 0 saturated carbocycles. The first-order valence-corrected chi connectivity index (χ1v) is 5.76. The van der Waals surface area contributed by atoms with E-state index in [1.807, 2.05) is 24.3 Å². The fourth-order valence-corrected chi connectivity index (χ4v) is 2.30. The molecule has 4 heteroatoms. The zero-order chi connectivity index (χ0) is 9.84. The molecule has 0 radical (unpaired) electrons. The van der Waals surface area contributed by atoms with Crippen molar-refractivity contribution in [2.75, 3.05) is 0 Å². The van der Waals surface area contributed by atoms with E-state index in [2.05, 4.69) is 31.9 Å². The molecule has 0 aliphatic heterocycles. The summed E-state index contributed by atoms with van der Waals surface area (Å²) in [5.41, 5.74) is 1.04. The summed E-state index contributed by atoms with van der Waals surface area (Å²) in [6, 6.07) is 7.77. The molecule has 13 heavy (non-hydrogen) atoms. The Morgan fingerprint density at radius 2 is 2.23 bits per heavy atom. The Morgan fingerprint density at radius 1 is 1.54 bits per heavy atom. The van der Waals surface area contributed by atoms with Crippen molar-refractivity contribution >= 4 is 48.7 Å². The predicted octanol–water partition coefficient (Wildman–Crippen LogP) is 4.04. The maximum absolute atomic E-state index is 10.6. The highest BCUT2D eigenvalue weighted by Gasteiger charge is 2.10. The molecule has 0 aromatic heterocycles. The molecular formula is C9H7Br2ClO. The lowest BCUT2D eigenvalue weighted by Crippen LogP contribution is -1.95. The average molecular weight is 326 g/mol. The lowest BCUT2D eigenvalue weighted by molar-refractivity contribution is -0.111. The summed E-state index contributed by atoms with van der Waals surface area (Å²) in [7, 11) is 0. The molecule has 0 amide bonds. The highest BCUT2D eigenvalue weighted by Crippen LogP contribution is 2.28. The van der Waals surface area contributed by atoms with Crippen LogP contribution in [-0.2, 0) is 4.79 Å². The fourth-order valence-electron chi connectivity index (χ4n) is 0.960. The van der Waals surface area contributed by atoms with Crippen LogP contribution in [0.3, 0.4) is 0 Å². The van der Waals surface area contributed by atoms with Gasteiger partial charge >= 0.3 is 0 Å². The zero-order valence-corrected chi connectivity index (χ0v) is 10.6. The van der Waals surface area contributed by atoms with Crippen LogP contribution in [0.5, 0.6) is 0 Å². The second-order valence-corrected chi connectivity index (χ2v) is 5.02. The Kier molecular flexibility index (Phi) is 4.42. The Morgan fingerprint density at radius 3 is 2.77 bits per heavy atom. The summed E-state index contributed by atoms with van der Waals surface area (Å²) in [5.74, 6) is 0. The van der Waals surface area contributed by atoms with E-state index >= 15 is 0 Å². The van der Waals surface area contributed by atoms with E-state index in [9.17, 15) is 4.79 Å². The van der Waals surface area contributed by atoms with E-state index in [1.165, 1.54) is 0 Å². The smallest absolute Gasteiger partial charge is 0.223 e. The Labute approximate surface area is 98.7 Å². The number of alkyl halides is 1. The summed E-state index contributed by atoms with van der Waals surface area (Å²) in [5, 5.41) is -0.332. The van der Waals surface area contributed by atoms with Gasteiger partial charge in [0.2, 0.25) is 5.24 Å². The van der Waals surface area contributed by atoms with Gasteiger partial charge in [-0.15, -0.1) is 0 Å². The largest absolute Gasteiger partial charge is 0.281 e. The molecule has 1 atom stereocenters. The molecule has 1 aromatic rings.